The Morgan fingerprint density at radius 3 is 2.12 bits per heavy atom. The van der Waals surface area contributed by atoms with Crippen molar-refractivity contribution in [2.24, 2.45) is 17.8 Å². The van der Waals surface area contributed by atoms with Crippen molar-refractivity contribution in [2.45, 2.75) is 105 Å². The van der Waals surface area contributed by atoms with Crippen molar-refractivity contribution in [1.29, 1.82) is 0 Å². The number of rotatable bonds is 19. The second-order valence-corrected chi connectivity index (χ2v) is 11.2. The van der Waals surface area contributed by atoms with Gasteiger partial charge >= 0.3 is 0 Å². The first-order valence-electron chi connectivity index (χ1n) is 12.8. The fraction of sp³-hybridized carbons (Fsp3) is 0.846. The van der Waals surface area contributed by atoms with Gasteiger partial charge in [0.25, 0.3) is 0 Å². The van der Waals surface area contributed by atoms with Gasteiger partial charge in [0.15, 0.2) is 6.29 Å². The predicted octanol–water partition coefficient (Wildman–Crippen LogP) is 4.04. The molecular weight excluding hydrogens is 450 g/mol. The van der Waals surface area contributed by atoms with E-state index in [2.05, 4.69) is 24.5 Å². The van der Waals surface area contributed by atoms with Gasteiger partial charge in [-0.25, -0.2) is 0 Å². The Bertz CT molecular complexity index is 625. The highest BCUT2D eigenvalue weighted by Crippen LogP contribution is 2.20. The summed E-state index contributed by atoms with van der Waals surface area (Å²) < 4.78 is 0. The molecule has 0 radical (unpaired) electrons. The summed E-state index contributed by atoms with van der Waals surface area (Å²) in [4.78, 5) is 51.7. The van der Waals surface area contributed by atoms with Gasteiger partial charge in [0.1, 0.15) is 18.0 Å². The van der Waals surface area contributed by atoms with E-state index < -0.39 is 17.7 Å². The summed E-state index contributed by atoms with van der Waals surface area (Å²) in [6.45, 7) is 14.0. The van der Waals surface area contributed by atoms with Crippen LogP contribution in [0, 0.1) is 17.8 Å². The molecule has 0 fully saturated rings. The predicted molar refractivity (Wildman–Crippen MR) is 142 cm³/mol. The van der Waals surface area contributed by atoms with E-state index in [1.165, 1.54) is 4.90 Å². The highest BCUT2D eigenvalue weighted by Gasteiger charge is 2.38. The topological polar surface area (TPSA) is 95.6 Å². The van der Waals surface area contributed by atoms with Crippen LogP contribution in [0.1, 0.15) is 87.0 Å². The zero-order chi connectivity index (χ0) is 26.3. The van der Waals surface area contributed by atoms with Crippen LogP contribution in [0.2, 0.25) is 0 Å². The number of likely N-dealkylation sites (N-methyl/N-ethyl adjacent to an activating group) is 1. The molecule has 198 valence electrons. The molecule has 0 bridgehead atoms. The number of hydrogen-bond acceptors (Lipinski definition) is 6. The molecule has 0 aromatic heterocycles. The Hall–Kier alpha value is -1.41. The van der Waals surface area contributed by atoms with Crippen LogP contribution < -0.4 is 10.6 Å². The number of hydrogen-bond donors (Lipinski definition) is 2. The summed E-state index contributed by atoms with van der Waals surface area (Å²) in [6, 6.07) is -1.29. The second-order valence-electron chi connectivity index (χ2n) is 10.0. The van der Waals surface area contributed by atoms with Crippen molar-refractivity contribution < 1.29 is 19.2 Å². The number of nitrogens with one attached hydrogen (secondary N) is 2. The number of aldehydes is 2. The van der Waals surface area contributed by atoms with Crippen molar-refractivity contribution in [3.8, 4) is 0 Å². The summed E-state index contributed by atoms with van der Waals surface area (Å²) in [6.07, 6.45) is 6.19. The summed E-state index contributed by atoms with van der Waals surface area (Å²) in [5.74, 6) is 1.59. The largest absolute Gasteiger partial charge is 0.333 e. The highest BCUT2D eigenvalue weighted by atomic mass is 32.2. The molecule has 0 aromatic rings. The minimum absolute atomic E-state index is 0.0499. The molecule has 2 amide bonds. The number of nitrogens with zero attached hydrogens (tertiary/aromatic N) is 1. The van der Waals surface area contributed by atoms with Crippen LogP contribution in [-0.4, -0.2) is 65.6 Å². The number of carbonyl (C=O) groups is 4. The molecule has 0 saturated carbocycles. The maximum Gasteiger partial charge on any atom is 0.245 e. The van der Waals surface area contributed by atoms with E-state index in [1.807, 2.05) is 34.6 Å². The van der Waals surface area contributed by atoms with Gasteiger partial charge in [-0.1, -0.05) is 61.3 Å². The smallest absolute Gasteiger partial charge is 0.245 e. The third-order valence-electron chi connectivity index (χ3n) is 6.30. The van der Waals surface area contributed by atoms with Crippen molar-refractivity contribution in [1.82, 2.24) is 15.5 Å². The Morgan fingerprint density at radius 1 is 1.06 bits per heavy atom. The zero-order valence-corrected chi connectivity index (χ0v) is 23.5. The van der Waals surface area contributed by atoms with E-state index in [1.54, 1.807) is 18.8 Å². The molecule has 0 saturated heterocycles. The van der Waals surface area contributed by atoms with E-state index in [9.17, 15) is 19.2 Å². The lowest BCUT2D eigenvalue weighted by Gasteiger charge is -2.37. The lowest BCUT2D eigenvalue weighted by Crippen LogP contribution is -2.67. The van der Waals surface area contributed by atoms with Gasteiger partial charge in [0, 0.05) is 19.2 Å². The molecule has 0 heterocycles. The summed E-state index contributed by atoms with van der Waals surface area (Å²) in [7, 11) is 1.66. The van der Waals surface area contributed by atoms with Gasteiger partial charge in [-0.3, -0.25) is 19.7 Å². The van der Waals surface area contributed by atoms with Gasteiger partial charge in [-0.15, -0.1) is 0 Å². The number of carbonyl (C=O) groups excluding carboxylic acids is 4. The van der Waals surface area contributed by atoms with Crippen molar-refractivity contribution in [3.05, 3.63) is 0 Å². The van der Waals surface area contributed by atoms with Gasteiger partial charge in [-0.05, 0) is 42.8 Å². The van der Waals surface area contributed by atoms with Crippen LogP contribution in [0.25, 0.3) is 0 Å². The molecule has 8 heteroatoms. The Labute approximate surface area is 211 Å². The lowest BCUT2D eigenvalue weighted by atomic mass is 9.94. The molecule has 0 spiro atoms. The molecule has 0 rings (SSSR count). The molecule has 3 atom stereocenters. The standard InChI is InChI=1S/C26H49N3O4S/c1-9-12-24(32)29(8)23(17-34-14-13-21(10-2)11-3)25(33)28-26(18-31,15-19(4)5)27-22(16-30)20(6)7/h16,18-23,27H,9-15,17H2,1-8H3,(H,28,33)/t22-,23+,26-/m0/s1. The molecule has 0 unspecified atom stereocenters. The van der Waals surface area contributed by atoms with Crippen LogP contribution in [0.5, 0.6) is 0 Å². The maximum atomic E-state index is 13.5. The van der Waals surface area contributed by atoms with Crippen molar-refractivity contribution in [3.63, 3.8) is 0 Å². The zero-order valence-electron chi connectivity index (χ0n) is 22.7. The fourth-order valence-corrected chi connectivity index (χ4v) is 5.19. The third-order valence-corrected chi connectivity index (χ3v) is 7.37. The van der Waals surface area contributed by atoms with E-state index >= 15 is 0 Å². The fourth-order valence-electron chi connectivity index (χ4n) is 3.93. The molecular formula is C26H49N3O4S. The number of amides is 2. The van der Waals surface area contributed by atoms with E-state index in [4.69, 9.17) is 0 Å². The average Bonchev–Trinajstić information content (AvgIpc) is 2.78. The summed E-state index contributed by atoms with van der Waals surface area (Å²) >= 11 is 1.66. The Kier molecular flexibility index (Phi) is 16.4. The molecule has 0 aliphatic heterocycles. The first-order valence-corrected chi connectivity index (χ1v) is 14.0. The van der Waals surface area contributed by atoms with Crippen LogP contribution in [0.3, 0.4) is 0 Å². The monoisotopic (exact) mass is 499 g/mol. The van der Waals surface area contributed by atoms with E-state index in [-0.39, 0.29) is 23.7 Å². The van der Waals surface area contributed by atoms with E-state index in [0.717, 1.165) is 31.3 Å². The SMILES string of the molecule is CCCC(=O)N(C)[C@H](CSCCC(CC)CC)C(=O)N[C@](C=O)(CC(C)C)N[C@@H](C=O)C(C)C. The minimum Gasteiger partial charge on any atom is -0.333 e. The van der Waals surface area contributed by atoms with Crippen molar-refractivity contribution >= 4 is 36.1 Å². The average molecular weight is 500 g/mol. The summed E-state index contributed by atoms with van der Waals surface area (Å²) in [5.41, 5.74) is -1.38. The molecule has 0 aliphatic carbocycles. The third kappa shape index (κ3) is 11.3. The molecule has 34 heavy (non-hydrogen) atoms. The maximum absolute atomic E-state index is 13.5. The molecule has 2 N–H and O–H groups in total. The second kappa shape index (κ2) is 17.1. The van der Waals surface area contributed by atoms with Gasteiger partial charge in [0.2, 0.25) is 11.8 Å². The van der Waals surface area contributed by atoms with Gasteiger partial charge in [-0.2, -0.15) is 11.8 Å². The number of thioether (sulfide) groups is 1. The van der Waals surface area contributed by atoms with Crippen molar-refractivity contribution in [2.75, 3.05) is 18.6 Å². The van der Waals surface area contributed by atoms with Crippen LogP contribution in [-0.2, 0) is 19.2 Å². The molecule has 7 nitrogen and oxygen atoms in total. The minimum atomic E-state index is -1.38. The quantitative estimate of drug-likeness (QED) is 0.158. The van der Waals surface area contributed by atoms with Crippen LogP contribution >= 0.6 is 11.8 Å². The lowest BCUT2D eigenvalue weighted by molar-refractivity contribution is -0.140. The first kappa shape index (κ1) is 32.6. The first-order chi connectivity index (χ1) is 16.0. The molecule has 0 aliphatic rings. The summed E-state index contributed by atoms with van der Waals surface area (Å²) in [5, 5.41) is 5.99. The van der Waals surface area contributed by atoms with E-state index in [0.29, 0.717) is 37.2 Å². The Balaban J connectivity index is 5.75. The Morgan fingerprint density at radius 2 is 1.68 bits per heavy atom. The van der Waals surface area contributed by atoms with Crippen LogP contribution in [0.4, 0.5) is 0 Å². The molecule has 0 aromatic carbocycles. The highest BCUT2D eigenvalue weighted by molar-refractivity contribution is 7.99. The normalized spacial score (nSPS) is 15.1. The van der Waals surface area contributed by atoms with Crippen LogP contribution in [0.15, 0.2) is 0 Å². The van der Waals surface area contributed by atoms with Gasteiger partial charge in [0.05, 0.1) is 6.04 Å². The van der Waals surface area contributed by atoms with Gasteiger partial charge < -0.3 is 15.0 Å².